The molecule has 0 aliphatic carbocycles. The van der Waals surface area contributed by atoms with Crippen molar-refractivity contribution in [3.05, 3.63) is 24.7 Å². The molecule has 10 nitrogen and oxygen atoms in total. The van der Waals surface area contributed by atoms with Crippen LogP contribution in [0.4, 0.5) is 4.39 Å². The van der Waals surface area contributed by atoms with Crippen LogP contribution >= 0.6 is 19.5 Å². The number of hydrogen-bond donors (Lipinski definition) is 2. The van der Waals surface area contributed by atoms with Crippen LogP contribution in [0, 0.1) is 12.3 Å². The summed E-state index contributed by atoms with van der Waals surface area (Å²) in [5, 5.41) is 13.3. The van der Waals surface area contributed by atoms with E-state index in [0.29, 0.717) is 5.84 Å². The van der Waals surface area contributed by atoms with E-state index in [2.05, 4.69) is 16.9 Å². The summed E-state index contributed by atoms with van der Waals surface area (Å²) in [4.78, 5) is 16.3. The second-order valence-electron chi connectivity index (χ2n) is 7.07. The molecule has 2 unspecified atom stereocenters. The molecule has 13 heteroatoms. The van der Waals surface area contributed by atoms with Crippen molar-refractivity contribution >= 4 is 30.5 Å². The lowest BCUT2D eigenvalue weighted by Crippen LogP contribution is -2.52. The first-order chi connectivity index (χ1) is 15.0. The maximum absolute atomic E-state index is 15.6. The fourth-order valence-corrected chi connectivity index (χ4v) is 4.70. The predicted molar refractivity (Wildman–Crippen MR) is 120 cm³/mol. The number of amidine groups is 1. The van der Waals surface area contributed by atoms with Gasteiger partial charge in [-0.3, -0.25) is 18.8 Å². The molecule has 2 N–H and O–H groups in total. The van der Waals surface area contributed by atoms with Crippen molar-refractivity contribution in [1.82, 2.24) is 14.9 Å². The number of aliphatic hydroxyl groups excluding tert-OH is 1. The molecule has 0 bridgehead atoms. The number of thioether (sulfide) groups is 1. The second kappa shape index (κ2) is 10.9. The van der Waals surface area contributed by atoms with Crippen molar-refractivity contribution in [2.45, 2.75) is 31.0 Å². The number of hydrogen-bond acceptors (Lipinski definition) is 9. The van der Waals surface area contributed by atoms with Gasteiger partial charge in [-0.2, -0.15) is 0 Å². The standard InChI is InChI=1S/C19H28FN4O6PS/c1-7-19(20)17(26)15(30-18(19)24-9-8-16(21-4)22-13(24)2)12-29-31(27,23(5)6)28-10-11-32-14(3)25/h1,8-9,15,17-18,26H,2,10-12H2,3-6H3,(H,21,22)/t15-,17?,18-,19+,31?/m1/s1. The van der Waals surface area contributed by atoms with Gasteiger partial charge in [0.2, 0.25) is 5.67 Å². The molecule has 0 aromatic carbocycles. The van der Waals surface area contributed by atoms with Crippen LogP contribution in [-0.4, -0.2) is 89.8 Å². The molecule has 5 atom stereocenters. The minimum Gasteiger partial charge on any atom is -0.386 e. The molecule has 1 saturated heterocycles. The molecule has 2 aliphatic heterocycles. The Morgan fingerprint density at radius 1 is 1.59 bits per heavy atom. The average Bonchev–Trinajstić information content (AvgIpc) is 3.00. The first kappa shape index (κ1) is 26.5. The highest BCUT2D eigenvalue weighted by atomic mass is 32.2. The Balaban J connectivity index is 2.12. The summed E-state index contributed by atoms with van der Waals surface area (Å²) >= 11 is 1.02. The van der Waals surface area contributed by atoms with E-state index in [1.54, 1.807) is 13.1 Å². The lowest BCUT2D eigenvalue weighted by molar-refractivity contribution is -0.109. The Morgan fingerprint density at radius 3 is 2.81 bits per heavy atom. The highest BCUT2D eigenvalue weighted by Gasteiger charge is 2.59. The van der Waals surface area contributed by atoms with Crippen LogP contribution in [0.5, 0.6) is 0 Å². The number of halogens is 1. The third-order valence-corrected chi connectivity index (χ3v) is 7.41. The van der Waals surface area contributed by atoms with Gasteiger partial charge in [0.05, 0.1) is 13.2 Å². The molecule has 2 rings (SSSR count). The molecule has 32 heavy (non-hydrogen) atoms. The largest absolute Gasteiger partial charge is 0.407 e. The van der Waals surface area contributed by atoms with E-state index < -0.39 is 38.5 Å². The minimum absolute atomic E-state index is 0.0147. The van der Waals surface area contributed by atoms with E-state index in [4.69, 9.17) is 20.2 Å². The quantitative estimate of drug-likeness (QED) is 0.279. The number of rotatable bonds is 9. The van der Waals surface area contributed by atoms with Crippen molar-refractivity contribution < 1.29 is 32.6 Å². The number of ether oxygens (including phenoxy) is 1. The zero-order valence-corrected chi connectivity index (χ0v) is 20.1. The van der Waals surface area contributed by atoms with Crippen molar-refractivity contribution in [2.75, 3.05) is 40.1 Å². The summed E-state index contributed by atoms with van der Waals surface area (Å²) in [6, 6.07) is 0. The van der Waals surface area contributed by atoms with Crippen molar-refractivity contribution in [3.63, 3.8) is 0 Å². The number of carbonyl (C=O) groups is 1. The second-order valence-corrected chi connectivity index (χ2v) is 10.6. The third kappa shape index (κ3) is 5.80. The SMILES string of the molecule is C#C[C@]1(F)C(O)[C@@H](COP(=O)(OCCSC(C)=O)N(C)C)O[C@H]1N1C=CC(=NC)NC1=C. The number of nitrogens with one attached hydrogen (secondary N) is 1. The van der Waals surface area contributed by atoms with Gasteiger partial charge < -0.3 is 20.1 Å². The fourth-order valence-electron chi connectivity index (χ4n) is 2.93. The lowest BCUT2D eigenvalue weighted by Gasteiger charge is -2.35. The number of aliphatic imine (C=N–C) groups is 1. The molecule has 178 valence electrons. The molecule has 0 aromatic heterocycles. The van der Waals surface area contributed by atoms with Gasteiger partial charge in [-0.15, -0.1) is 6.42 Å². The Hall–Kier alpha value is -1.71. The van der Waals surface area contributed by atoms with E-state index >= 15 is 4.39 Å². The van der Waals surface area contributed by atoms with E-state index in [1.807, 2.05) is 5.92 Å². The number of alkyl halides is 1. The zero-order valence-electron chi connectivity index (χ0n) is 18.4. The number of carbonyl (C=O) groups excluding carboxylic acids is 1. The van der Waals surface area contributed by atoms with Crippen LogP contribution in [0.3, 0.4) is 0 Å². The fraction of sp³-hybridized carbons (Fsp3) is 0.579. The molecule has 2 heterocycles. The molecular weight excluding hydrogens is 462 g/mol. The molecule has 0 amide bonds. The van der Waals surface area contributed by atoms with Crippen LogP contribution in [0.15, 0.2) is 29.7 Å². The third-order valence-electron chi connectivity index (χ3n) is 4.67. The molecular formula is C19H28FN4O6PS. The molecule has 0 spiro atoms. The van der Waals surface area contributed by atoms with Crippen LogP contribution in [0.2, 0.25) is 0 Å². The first-order valence-electron chi connectivity index (χ1n) is 9.58. The van der Waals surface area contributed by atoms with Crippen LogP contribution in [0.25, 0.3) is 0 Å². The highest BCUT2D eigenvalue weighted by Crippen LogP contribution is 2.51. The lowest BCUT2D eigenvalue weighted by atomic mass is 9.96. The number of aliphatic hydroxyl groups is 1. The average molecular weight is 490 g/mol. The van der Waals surface area contributed by atoms with Crippen LogP contribution in [-0.2, 0) is 23.1 Å². The van der Waals surface area contributed by atoms with Gasteiger partial charge in [0.1, 0.15) is 23.9 Å². The summed E-state index contributed by atoms with van der Waals surface area (Å²) in [5.74, 6) is 3.00. The maximum atomic E-state index is 15.6. The molecule has 0 radical (unpaired) electrons. The van der Waals surface area contributed by atoms with Gasteiger partial charge in [-0.25, -0.2) is 13.6 Å². The summed E-state index contributed by atoms with van der Waals surface area (Å²) in [7, 11) is 0.750. The van der Waals surface area contributed by atoms with Crippen LogP contribution in [0.1, 0.15) is 6.92 Å². The van der Waals surface area contributed by atoms with E-state index in [9.17, 15) is 14.5 Å². The number of nitrogens with zero attached hydrogens (tertiary/aromatic N) is 3. The van der Waals surface area contributed by atoms with Crippen molar-refractivity contribution in [3.8, 4) is 12.3 Å². The molecule has 0 aromatic rings. The van der Waals surface area contributed by atoms with Gasteiger partial charge in [-0.05, 0) is 20.2 Å². The van der Waals surface area contributed by atoms with Gasteiger partial charge in [-0.1, -0.05) is 24.3 Å². The normalized spacial score (nSPS) is 30.9. The smallest absolute Gasteiger partial charge is 0.386 e. The zero-order chi connectivity index (χ0) is 24.1. The Kier molecular flexibility index (Phi) is 9.07. The van der Waals surface area contributed by atoms with Crippen LogP contribution < -0.4 is 5.32 Å². The van der Waals surface area contributed by atoms with Crippen molar-refractivity contribution in [1.29, 1.82) is 0 Å². The van der Waals surface area contributed by atoms with Gasteiger partial charge in [0.25, 0.3) is 0 Å². The van der Waals surface area contributed by atoms with Gasteiger partial charge in [0, 0.05) is 25.9 Å². The highest BCUT2D eigenvalue weighted by molar-refractivity contribution is 8.13. The Morgan fingerprint density at radius 2 is 2.28 bits per heavy atom. The Labute approximate surface area is 191 Å². The number of terminal acetylenes is 1. The maximum Gasteiger partial charge on any atom is 0.407 e. The first-order valence-corrected chi connectivity index (χ1v) is 12.1. The van der Waals surface area contributed by atoms with E-state index in [0.717, 1.165) is 11.8 Å². The van der Waals surface area contributed by atoms with Gasteiger partial charge in [0.15, 0.2) is 11.3 Å². The summed E-state index contributed by atoms with van der Waals surface area (Å²) in [6.45, 7) is 4.75. The molecule has 1 fully saturated rings. The van der Waals surface area contributed by atoms with E-state index in [-0.39, 0.29) is 23.3 Å². The summed E-state index contributed by atoms with van der Waals surface area (Å²) in [6.07, 6.45) is 4.02. The summed E-state index contributed by atoms with van der Waals surface area (Å²) in [5.41, 5.74) is -2.61. The minimum atomic E-state index is -3.79. The molecule has 0 saturated carbocycles. The summed E-state index contributed by atoms with van der Waals surface area (Å²) < 4.78 is 46.3. The monoisotopic (exact) mass is 490 g/mol. The van der Waals surface area contributed by atoms with Gasteiger partial charge >= 0.3 is 7.75 Å². The van der Waals surface area contributed by atoms with E-state index in [1.165, 1.54) is 36.8 Å². The Bertz CT molecular complexity index is 878. The molecule has 2 aliphatic rings. The predicted octanol–water partition coefficient (Wildman–Crippen LogP) is 1.31. The topological polar surface area (TPSA) is 113 Å². The van der Waals surface area contributed by atoms with Crippen molar-refractivity contribution in [2.24, 2.45) is 4.99 Å².